The number of aliphatic hydroxyl groups excluding tert-OH is 1. The predicted octanol–water partition coefficient (Wildman–Crippen LogP) is 1.01. The molecule has 0 radical (unpaired) electrons. The van der Waals surface area contributed by atoms with Gasteiger partial charge in [-0.05, 0) is 26.0 Å². The normalized spacial score (nSPS) is 10.5. The van der Waals surface area contributed by atoms with Gasteiger partial charge in [0.1, 0.15) is 5.69 Å². The minimum atomic E-state index is -0.0717. The van der Waals surface area contributed by atoms with Crippen LogP contribution in [-0.2, 0) is 4.74 Å². The maximum atomic E-state index is 12.3. The van der Waals surface area contributed by atoms with E-state index in [1.54, 1.807) is 24.3 Å². The molecule has 1 aromatic heterocycles. The Morgan fingerprint density at radius 3 is 2.62 bits per heavy atom. The Hall–Kier alpha value is -1.66. The van der Waals surface area contributed by atoms with Crippen LogP contribution >= 0.6 is 0 Å². The average Bonchev–Trinajstić information content (AvgIpc) is 2.52. The van der Waals surface area contributed by atoms with Crippen LogP contribution in [0.2, 0.25) is 0 Å². The van der Waals surface area contributed by atoms with Crippen LogP contribution in [0.3, 0.4) is 0 Å². The van der Waals surface area contributed by atoms with Crippen LogP contribution in [0.4, 0.5) is 5.69 Å². The number of carbonyl (C=O) groups is 1. The summed E-state index contributed by atoms with van der Waals surface area (Å²) in [7, 11) is 1.64. The predicted molar refractivity (Wildman–Crippen MR) is 82.7 cm³/mol. The topological polar surface area (TPSA) is 65.9 Å². The number of aliphatic hydroxyl groups is 1. The molecule has 1 rings (SSSR count). The van der Waals surface area contributed by atoms with Gasteiger partial charge in [-0.2, -0.15) is 0 Å². The van der Waals surface area contributed by atoms with Crippen LogP contribution in [0.15, 0.2) is 18.3 Å². The van der Waals surface area contributed by atoms with Gasteiger partial charge in [0, 0.05) is 45.2 Å². The Morgan fingerprint density at radius 1 is 1.33 bits per heavy atom. The lowest BCUT2D eigenvalue weighted by atomic mass is 10.2. The maximum Gasteiger partial charge on any atom is 0.272 e. The third kappa shape index (κ3) is 4.99. The first-order chi connectivity index (χ1) is 10.2. The number of nitrogens with zero attached hydrogens (tertiary/aromatic N) is 3. The fraction of sp³-hybridized carbons (Fsp3) is 0.600. The molecule has 0 fully saturated rings. The molecule has 0 saturated heterocycles. The molecule has 0 aromatic carbocycles. The number of methoxy groups -OCH3 is 1. The van der Waals surface area contributed by atoms with E-state index < -0.39 is 0 Å². The molecule has 1 N–H and O–H groups in total. The lowest BCUT2D eigenvalue weighted by Gasteiger charge is -2.24. The first-order valence-corrected chi connectivity index (χ1v) is 7.27. The van der Waals surface area contributed by atoms with Crippen molar-refractivity contribution in [2.45, 2.75) is 13.8 Å². The Kier molecular flexibility index (Phi) is 7.71. The minimum Gasteiger partial charge on any atom is -0.395 e. The third-order valence-corrected chi connectivity index (χ3v) is 3.31. The summed E-state index contributed by atoms with van der Waals surface area (Å²) in [6.07, 6.45) is 1.63. The number of amides is 1. The Balaban J connectivity index is 2.93. The second-order valence-electron chi connectivity index (χ2n) is 4.58. The maximum absolute atomic E-state index is 12.3. The highest BCUT2D eigenvalue weighted by atomic mass is 16.5. The zero-order chi connectivity index (χ0) is 15.7. The summed E-state index contributed by atoms with van der Waals surface area (Å²) in [6, 6.07) is 3.61. The van der Waals surface area contributed by atoms with E-state index in [9.17, 15) is 4.79 Å². The van der Waals surface area contributed by atoms with Gasteiger partial charge in [-0.25, -0.2) is 0 Å². The lowest BCUT2D eigenvalue weighted by Crippen LogP contribution is -2.32. The molecule has 1 amide bonds. The summed E-state index contributed by atoms with van der Waals surface area (Å²) in [5.74, 6) is -0.0717. The average molecular weight is 295 g/mol. The molecule has 0 aliphatic heterocycles. The van der Waals surface area contributed by atoms with E-state index in [4.69, 9.17) is 9.84 Å². The second kappa shape index (κ2) is 9.31. The van der Waals surface area contributed by atoms with Crippen molar-refractivity contribution >= 4 is 11.6 Å². The Morgan fingerprint density at radius 2 is 2.05 bits per heavy atom. The lowest BCUT2D eigenvalue weighted by molar-refractivity contribution is 0.0767. The van der Waals surface area contributed by atoms with Crippen molar-refractivity contribution in [3.8, 4) is 0 Å². The van der Waals surface area contributed by atoms with Crippen LogP contribution in [0, 0.1) is 0 Å². The zero-order valence-corrected chi connectivity index (χ0v) is 13.1. The molecule has 0 saturated carbocycles. The summed E-state index contributed by atoms with van der Waals surface area (Å²) in [5.41, 5.74) is 1.29. The third-order valence-electron chi connectivity index (χ3n) is 3.31. The van der Waals surface area contributed by atoms with Crippen LogP contribution in [0.1, 0.15) is 24.3 Å². The van der Waals surface area contributed by atoms with Crippen molar-refractivity contribution in [1.29, 1.82) is 0 Å². The number of hydrogen-bond donors (Lipinski definition) is 1. The fourth-order valence-electron chi connectivity index (χ4n) is 2.10. The van der Waals surface area contributed by atoms with Gasteiger partial charge in [-0.3, -0.25) is 9.78 Å². The van der Waals surface area contributed by atoms with Crippen LogP contribution < -0.4 is 4.90 Å². The van der Waals surface area contributed by atoms with Crippen molar-refractivity contribution in [2.75, 3.05) is 51.4 Å². The largest absolute Gasteiger partial charge is 0.395 e. The molecule has 21 heavy (non-hydrogen) atoms. The fourth-order valence-corrected chi connectivity index (χ4v) is 2.10. The zero-order valence-electron chi connectivity index (χ0n) is 13.1. The van der Waals surface area contributed by atoms with Gasteiger partial charge in [0.2, 0.25) is 0 Å². The van der Waals surface area contributed by atoms with Gasteiger partial charge >= 0.3 is 0 Å². The smallest absolute Gasteiger partial charge is 0.272 e. The molecular formula is C15H25N3O3. The summed E-state index contributed by atoms with van der Waals surface area (Å²) in [4.78, 5) is 20.2. The van der Waals surface area contributed by atoms with Crippen LogP contribution in [-0.4, -0.2) is 67.4 Å². The number of hydrogen-bond acceptors (Lipinski definition) is 5. The summed E-state index contributed by atoms with van der Waals surface area (Å²) in [6.45, 7) is 6.96. The van der Waals surface area contributed by atoms with Crippen LogP contribution in [0.25, 0.3) is 0 Å². The van der Waals surface area contributed by atoms with E-state index in [1.807, 2.05) is 24.8 Å². The van der Waals surface area contributed by atoms with Gasteiger partial charge in [0.15, 0.2) is 0 Å². The van der Waals surface area contributed by atoms with Crippen molar-refractivity contribution in [2.24, 2.45) is 0 Å². The van der Waals surface area contributed by atoms with Gasteiger partial charge in [0.25, 0.3) is 5.91 Å². The number of anilines is 1. The Bertz CT molecular complexity index is 436. The highest BCUT2D eigenvalue weighted by molar-refractivity contribution is 5.93. The molecule has 118 valence electrons. The van der Waals surface area contributed by atoms with Gasteiger partial charge in [0.05, 0.1) is 13.2 Å². The number of aromatic nitrogens is 1. The first kappa shape index (κ1) is 17.4. The van der Waals surface area contributed by atoms with Crippen molar-refractivity contribution in [3.63, 3.8) is 0 Å². The van der Waals surface area contributed by atoms with Gasteiger partial charge in [-0.1, -0.05) is 0 Å². The standard InChI is InChI=1S/C15H25N3O3/c1-4-17(5-2)15(20)14-12-13(6-7-16-14)18(8-10-19)9-11-21-3/h6-7,12,19H,4-5,8-11H2,1-3H3. The molecule has 0 bridgehead atoms. The molecule has 0 aliphatic carbocycles. The molecule has 0 spiro atoms. The molecule has 6 nitrogen and oxygen atoms in total. The minimum absolute atomic E-state index is 0.0470. The van der Waals surface area contributed by atoms with Crippen molar-refractivity contribution in [1.82, 2.24) is 9.88 Å². The summed E-state index contributed by atoms with van der Waals surface area (Å²) in [5, 5.41) is 9.17. The summed E-state index contributed by atoms with van der Waals surface area (Å²) < 4.78 is 5.08. The number of ether oxygens (including phenoxy) is 1. The number of carbonyl (C=O) groups excluding carboxylic acids is 1. The van der Waals surface area contributed by atoms with E-state index in [1.165, 1.54) is 0 Å². The quantitative estimate of drug-likeness (QED) is 0.736. The monoisotopic (exact) mass is 295 g/mol. The highest BCUT2D eigenvalue weighted by Gasteiger charge is 2.15. The second-order valence-corrected chi connectivity index (χ2v) is 4.58. The van der Waals surface area contributed by atoms with E-state index in [0.29, 0.717) is 38.5 Å². The van der Waals surface area contributed by atoms with Crippen molar-refractivity contribution < 1.29 is 14.6 Å². The number of rotatable bonds is 9. The van der Waals surface area contributed by atoms with Gasteiger partial charge < -0.3 is 19.6 Å². The summed E-state index contributed by atoms with van der Waals surface area (Å²) >= 11 is 0. The van der Waals surface area contributed by atoms with Crippen LogP contribution in [0.5, 0.6) is 0 Å². The molecule has 1 heterocycles. The Labute approximate surface area is 126 Å². The van der Waals surface area contributed by atoms with Gasteiger partial charge in [-0.15, -0.1) is 0 Å². The van der Waals surface area contributed by atoms with E-state index >= 15 is 0 Å². The SMILES string of the molecule is CCN(CC)C(=O)c1cc(N(CCO)CCOC)ccn1. The molecule has 0 unspecified atom stereocenters. The van der Waals surface area contributed by atoms with Crippen molar-refractivity contribution in [3.05, 3.63) is 24.0 Å². The van der Waals surface area contributed by atoms with E-state index in [-0.39, 0.29) is 12.5 Å². The molecule has 0 aliphatic rings. The van der Waals surface area contributed by atoms with E-state index in [0.717, 1.165) is 5.69 Å². The molecule has 6 heteroatoms. The first-order valence-electron chi connectivity index (χ1n) is 7.27. The van der Waals surface area contributed by atoms with E-state index in [2.05, 4.69) is 4.98 Å². The molecule has 1 aromatic rings. The molecule has 0 atom stereocenters. The molecular weight excluding hydrogens is 270 g/mol. The highest BCUT2D eigenvalue weighted by Crippen LogP contribution is 2.15. The number of pyridine rings is 1.